The van der Waals surface area contributed by atoms with Crippen LogP contribution in [-0.2, 0) is 9.59 Å². The number of carboxylic acids is 2. The lowest BCUT2D eigenvalue weighted by atomic mass is 9.87. The maximum Gasteiger partial charge on any atom is 0.323 e. The lowest BCUT2D eigenvalue weighted by Gasteiger charge is -2.23. The molecule has 114 valence electrons. The highest BCUT2D eigenvalue weighted by molar-refractivity contribution is 5.84. The standard InChI is InChI=1S/C13H22N2O5/c16-11(17)8-15(9-12(18)19)13(20)14-7-6-10-4-2-1-3-5-10/h10H,1-9H2,(H,14,20)(H,16,17)(H,18,19). The molecule has 0 aliphatic heterocycles. The quantitative estimate of drug-likeness (QED) is 0.650. The van der Waals surface area contributed by atoms with Crippen molar-refractivity contribution in [3.8, 4) is 0 Å². The van der Waals surface area contributed by atoms with Gasteiger partial charge >= 0.3 is 18.0 Å². The van der Waals surface area contributed by atoms with E-state index < -0.39 is 31.1 Å². The van der Waals surface area contributed by atoms with E-state index in [1.54, 1.807) is 0 Å². The van der Waals surface area contributed by atoms with Gasteiger partial charge in [-0.05, 0) is 12.3 Å². The molecule has 0 aromatic heterocycles. The summed E-state index contributed by atoms with van der Waals surface area (Å²) in [5, 5.41) is 19.9. The summed E-state index contributed by atoms with van der Waals surface area (Å²) in [5.74, 6) is -1.85. The number of nitrogens with one attached hydrogen (secondary N) is 1. The fourth-order valence-corrected chi connectivity index (χ4v) is 2.50. The molecule has 0 heterocycles. The first-order valence-corrected chi connectivity index (χ1v) is 6.95. The third-order valence-corrected chi connectivity index (χ3v) is 3.49. The number of aliphatic carboxylic acids is 2. The van der Waals surface area contributed by atoms with E-state index in [2.05, 4.69) is 5.32 Å². The monoisotopic (exact) mass is 286 g/mol. The third kappa shape index (κ3) is 6.40. The maximum atomic E-state index is 11.7. The molecule has 7 heteroatoms. The SMILES string of the molecule is O=C(O)CN(CC(=O)O)C(=O)NCCC1CCCCC1. The van der Waals surface area contributed by atoms with Gasteiger partial charge in [0.25, 0.3) is 0 Å². The molecule has 1 fully saturated rings. The van der Waals surface area contributed by atoms with Gasteiger partial charge in [0.15, 0.2) is 0 Å². The van der Waals surface area contributed by atoms with Gasteiger partial charge in [-0.25, -0.2) is 4.79 Å². The lowest BCUT2D eigenvalue weighted by Crippen LogP contribution is -2.45. The van der Waals surface area contributed by atoms with Crippen LogP contribution in [0, 0.1) is 5.92 Å². The molecular formula is C13H22N2O5. The van der Waals surface area contributed by atoms with E-state index in [-0.39, 0.29) is 0 Å². The van der Waals surface area contributed by atoms with Gasteiger partial charge in [0, 0.05) is 6.54 Å². The first-order valence-electron chi connectivity index (χ1n) is 6.95. The van der Waals surface area contributed by atoms with E-state index in [9.17, 15) is 14.4 Å². The lowest BCUT2D eigenvalue weighted by molar-refractivity contribution is -0.140. The van der Waals surface area contributed by atoms with E-state index in [0.29, 0.717) is 12.5 Å². The van der Waals surface area contributed by atoms with Crippen LogP contribution in [0.2, 0.25) is 0 Å². The van der Waals surface area contributed by atoms with E-state index in [0.717, 1.165) is 11.3 Å². The minimum Gasteiger partial charge on any atom is -0.480 e. The largest absolute Gasteiger partial charge is 0.480 e. The van der Waals surface area contributed by atoms with E-state index in [4.69, 9.17) is 10.2 Å². The number of carboxylic acid groups (broad SMARTS) is 2. The number of rotatable bonds is 7. The van der Waals surface area contributed by atoms with Crippen molar-refractivity contribution in [3.63, 3.8) is 0 Å². The van der Waals surface area contributed by atoms with Crippen LogP contribution < -0.4 is 5.32 Å². The third-order valence-electron chi connectivity index (χ3n) is 3.49. The van der Waals surface area contributed by atoms with Crippen LogP contribution in [-0.4, -0.2) is 52.7 Å². The van der Waals surface area contributed by atoms with Gasteiger partial charge in [-0.15, -0.1) is 0 Å². The van der Waals surface area contributed by atoms with Crippen LogP contribution >= 0.6 is 0 Å². The predicted molar refractivity (Wildman–Crippen MR) is 71.4 cm³/mol. The second-order valence-corrected chi connectivity index (χ2v) is 5.17. The van der Waals surface area contributed by atoms with Gasteiger partial charge in [-0.1, -0.05) is 32.1 Å². The minimum atomic E-state index is -1.23. The molecule has 0 radical (unpaired) electrons. The Labute approximate surface area is 117 Å². The number of amides is 2. The summed E-state index contributed by atoms with van der Waals surface area (Å²) in [6.45, 7) is -0.762. The summed E-state index contributed by atoms with van der Waals surface area (Å²) < 4.78 is 0. The van der Waals surface area contributed by atoms with E-state index in [1.165, 1.54) is 32.1 Å². The average molecular weight is 286 g/mol. The molecule has 2 amide bonds. The van der Waals surface area contributed by atoms with Crippen molar-refractivity contribution in [1.82, 2.24) is 10.2 Å². The normalized spacial score (nSPS) is 15.6. The van der Waals surface area contributed by atoms with Gasteiger partial charge in [0.2, 0.25) is 0 Å². The second-order valence-electron chi connectivity index (χ2n) is 5.17. The topological polar surface area (TPSA) is 107 Å². The van der Waals surface area contributed by atoms with Gasteiger partial charge in [-0.3, -0.25) is 9.59 Å². The summed E-state index contributed by atoms with van der Waals surface area (Å²) in [5.41, 5.74) is 0. The highest BCUT2D eigenvalue weighted by Crippen LogP contribution is 2.25. The van der Waals surface area contributed by atoms with Crippen LogP contribution in [0.15, 0.2) is 0 Å². The van der Waals surface area contributed by atoms with Crippen molar-refractivity contribution >= 4 is 18.0 Å². The molecule has 0 aromatic rings. The van der Waals surface area contributed by atoms with Crippen molar-refractivity contribution in [2.75, 3.05) is 19.6 Å². The molecule has 1 aliphatic carbocycles. The first kappa shape index (κ1) is 16.3. The Balaban J connectivity index is 2.32. The van der Waals surface area contributed by atoms with Crippen molar-refractivity contribution in [2.45, 2.75) is 38.5 Å². The molecular weight excluding hydrogens is 264 g/mol. The number of urea groups is 1. The Bertz CT molecular complexity index is 337. The number of carbonyl (C=O) groups excluding carboxylic acids is 1. The van der Waals surface area contributed by atoms with E-state index in [1.807, 2.05) is 0 Å². The molecule has 0 saturated heterocycles. The fourth-order valence-electron chi connectivity index (χ4n) is 2.50. The number of hydrogen-bond donors (Lipinski definition) is 3. The van der Waals surface area contributed by atoms with E-state index >= 15 is 0 Å². The Morgan fingerprint density at radius 2 is 1.55 bits per heavy atom. The molecule has 0 atom stereocenters. The fraction of sp³-hybridized carbons (Fsp3) is 0.769. The molecule has 0 unspecified atom stereocenters. The molecule has 20 heavy (non-hydrogen) atoms. The molecule has 1 rings (SSSR count). The summed E-state index contributed by atoms with van der Waals surface area (Å²) in [6, 6.07) is -0.634. The molecule has 1 saturated carbocycles. The van der Waals surface area contributed by atoms with Crippen molar-refractivity contribution < 1.29 is 24.6 Å². The van der Waals surface area contributed by atoms with Crippen molar-refractivity contribution in [3.05, 3.63) is 0 Å². The van der Waals surface area contributed by atoms with Gasteiger partial charge in [-0.2, -0.15) is 0 Å². The van der Waals surface area contributed by atoms with Crippen LogP contribution in [0.4, 0.5) is 4.79 Å². The molecule has 0 bridgehead atoms. The van der Waals surface area contributed by atoms with Gasteiger partial charge < -0.3 is 20.4 Å². The smallest absolute Gasteiger partial charge is 0.323 e. The zero-order chi connectivity index (χ0) is 15.0. The molecule has 0 spiro atoms. The molecule has 7 nitrogen and oxygen atoms in total. The summed E-state index contributed by atoms with van der Waals surface area (Å²) >= 11 is 0. The van der Waals surface area contributed by atoms with Gasteiger partial charge in [0.1, 0.15) is 13.1 Å². The van der Waals surface area contributed by atoms with Gasteiger partial charge in [0.05, 0.1) is 0 Å². The van der Waals surface area contributed by atoms with Crippen molar-refractivity contribution in [2.24, 2.45) is 5.92 Å². The predicted octanol–water partition coefficient (Wildman–Crippen LogP) is 1.14. The summed E-state index contributed by atoms with van der Waals surface area (Å²) in [6.07, 6.45) is 6.92. The Hall–Kier alpha value is -1.79. The average Bonchev–Trinajstić information content (AvgIpc) is 2.38. The molecule has 0 aromatic carbocycles. The Morgan fingerprint density at radius 3 is 2.05 bits per heavy atom. The zero-order valence-corrected chi connectivity index (χ0v) is 11.5. The Kier molecular flexibility index (Phi) is 6.83. The second kappa shape index (κ2) is 8.39. The number of carbonyl (C=O) groups is 3. The van der Waals surface area contributed by atoms with Crippen LogP contribution in [0.3, 0.4) is 0 Å². The maximum absolute atomic E-state index is 11.7. The highest BCUT2D eigenvalue weighted by Gasteiger charge is 2.20. The highest BCUT2D eigenvalue weighted by atomic mass is 16.4. The first-order chi connectivity index (χ1) is 9.49. The number of hydrogen-bond acceptors (Lipinski definition) is 3. The molecule has 3 N–H and O–H groups in total. The van der Waals surface area contributed by atoms with Crippen LogP contribution in [0.5, 0.6) is 0 Å². The number of nitrogens with zero attached hydrogens (tertiary/aromatic N) is 1. The minimum absolute atomic E-state index is 0.458. The summed E-state index contributed by atoms with van der Waals surface area (Å²) in [7, 11) is 0. The Morgan fingerprint density at radius 1 is 1.00 bits per heavy atom. The van der Waals surface area contributed by atoms with Crippen molar-refractivity contribution in [1.29, 1.82) is 0 Å². The van der Waals surface area contributed by atoms with Crippen LogP contribution in [0.1, 0.15) is 38.5 Å². The molecule has 1 aliphatic rings. The summed E-state index contributed by atoms with van der Waals surface area (Å²) in [4.78, 5) is 33.7. The zero-order valence-electron chi connectivity index (χ0n) is 11.5. The van der Waals surface area contributed by atoms with Crippen LogP contribution in [0.25, 0.3) is 0 Å².